The molecule has 2 heterocycles. The molecule has 0 unspecified atom stereocenters. The summed E-state index contributed by atoms with van der Waals surface area (Å²) in [5, 5.41) is 14.2. The summed E-state index contributed by atoms with van der Waals surface area (Å²) in [7, 11) is 0. The van der Waals surface area contributed by atoms with Gasteiger partial charge < -0.3 is 5.32 Å². The van der Waals surface area contributed by atoms with Crippen LogP contribution in [0.3, 0.4) is 0 Å². The van der Waals surface area contributed by atoms with Crippen LogP contribution in [0.25, 0.3) is 0 Å². The predicted octanol–water partition coefficient (Wildman–Crippen LogP) is 2.53. The number of fused-ring (bicyclic) bond motifs is 2. The zero-order valence-corrected chi connectivity index (χ0v) is 14.4. The first-order valence-electron chi connectivity index (χ1n) is 9.09. The highest BCUT2D eigenvalue weighted by atomic mass is 16.2. The van der Waals surface area contributed by atoms with Gasteiger partial charge in [0.15, 0.2) is 5.82 Å². The first-order valence-corrected chi connectivity index (χ1v) is 9.09. The minimum absolute atomic E-state index is 0.197. The quantitative estimate of drug-likeness (QED) is 0.874. The van der Waals surface area contributed by atoms with Crippen molar-refractivity contribution in [3.05, 3.63) is 39.9 Å². The van der Waals surface area contributed by atoms with Gasteiger partial charge in [0.05, 0.1) is 0 Å². The van der Waals surface area contributed by atoms with E-state index >= 15 is 0 Å². The molecule has 25 heavy (non-hydrogen) atoms. The molecule has 2 aliphatic carbocycles. The maximum Gasteiger partial charge on any atom is 0.277 e. The third-order valence-corrected chi connectivity index (χ3v) is 5.51. The molecule has 2 N–H and O–H groups in total. The number of aromatic amines is 1. The molecule has 2 aromatic rings. The number of nitrogens with one attached hydrogen (secondary N) is 2. The topological polar surface area (TPSA) is 92.7 Å². The number of nitrogens with zero attached hydrogens (tertiary/aromatic N) is 3. The van der Waals surface area contributed by atoms with E-state index < -0.39 is 0 Å². The van der Waals surface area contributed by atoms with Crippen molar-refractivity contribution in [3.8, 4) is 0 Å². The summed E-state index contributed by atoms with van der Waals surface area (Å²) in [4.78, 5) is 24.1. The fourth-order valence-corrected chi connectivity index (χ4v) is 4.34. The van der Waals surface area contributed by atoms with Gasteiger partial charge in [-0.15, -0.1) is 0 Å². The zero-order chi connectivity index (χ0) is 17.4. The van der Waals surface area contributed by atoms with Crippen LogP contribution in [0, 0.1) is 11.8 Å². The number of aromatic nitrogens is 4. The molecule has 0 aromatic carbocycles. The predicted molar refractivity (Wildman–Crippen MR) is 93.5 cm³/mol. The lowest BCUT2D eigenvalue weighted by atomic mass is 9.86. The van der Waals surface area contributed by atoms with Gasteiger partial charge in [-0.05, 0) is 43.6 Å². The Morgan fingerprint density at radius 3 is 2.96 bits per heavy atom. The van der Waals surface area contributed by atoms with Crippen LogP contribution in [0.1, 0.15) is 61.1 Å². The lowest BCUT2D eigenvalue weighted by Gasteiger charge is -2.19. The van der Waals surface area contributed by atoms with Crippen molar-refractivity contribution < 1.29 is 4.79 Å². The van der Waals surface area contributed by atoms with Crippen LogP contribution in [0.5, 0.6) is 0 Å². The van der Waals surface area contributed by atoms with E-state index in [0.29, 0.717) is 18.3 Å². The van der Waals surface area contributed by atoms with Crippen molar-refractivity contribution in [1.29, 1.82) is 0 Å². The maximum absolute atomic E-state index is 12.4. The number of rotatable bonds is 5. The highest BCUT2D eigenvalue weighted by Crippen LogP contribution is 2.52. The Morgan fingerprint density at radius 2 is 2.24 bits per heavy atom. The first-order chi connectivity index (χ1) is 12.1. The van der Waals surface area contributed by atoms with Crippen molar-refractivity contribution in [1.82, 2.24) is 20.0 Å². The minimum Gasteiger partial charge on any atom is -0.304 e. The molecule has 3 atom stereocenters. The zero-order valence-electron chi connectivity index (χ0n) is 14.4. The largest absolute Gasteiger partial charge is 0.304 e. The summed E-state index contributed by atoms with van der Waals surface area (Å²) < 4.78 is 1.32. The number of carbonyl (C=O) groups is 1. The van der Waals surface area contributed by atoms with Gasteiger partial charge >= 0.3 is 0 Å². The monoisotopic (exact) mass is 341 g/mol. The van der Waals surface area contributed by atoms with Gasteiger partial charge in [-0.1, -0.05) is 13.3 Å². The van der Waals surface area contributed by atoms with Crippen molar-refractivity contribution >= 4 is 11.7 Å². The molecule has 0 aliphatic heterocycles. The fraction of sp³-hybridized carbons (Fsp3) is 0.556. The van der Waals surface area contributed by atoms with Crippen LogP contribution in [0.4, 0.5) is 5.82 Å². The van der Waals surface area contributed by atoms with Crippen molar-refractivity contribution in [2.24, 2.45) is 11.8 Å². The van der Waals surface area contributed by atoms with E-state index in [4.69, 9.17) is 0 Å². The molecule has 0 radical (unpaired) electrons. The van der Waals surface area contributed by atoms with Crippen LogP contribution in [-0.2, 0) is 6.54 Å². The molecule has 7 nitrogen and oxygen atoms in total. The van der Waals surface area contributed by atoms with Crippen LogP contribution in [-0.4, -0.2) is 25.9 Å². The van der Waals surface area contributed by atoms with E-state index in [1.165, 1.54) is 42.5 Å². The van der Waals surface area contributed by atoms with Crippen LogP contribution in [0.15, 0.2) is 23.0 Å². The maximum atomic E-state index is 12.4. The van der Waals surface area contributed by atoms with E-state index in [1.54, 1.807) is 0 Å². The Balaban J connectivity index is 1.46. The molecule has 2 aliphatic rings. The standard InChI is InChI=1S/C18H23N5O2/c1-2-7-23-17(24)6-5-14(22-23)18(25)19-16-10-15(20-21-16)13-9-11-3-4-12(13)8-11/h5-6,10-13H,2-4,7-9H2,1H3,(H2,19,20,21,25)/t11-,12-,13-/m0/s1. The number of H-pyrrole nitrogens is 1. The summed E-state index contributed by atoms with van der Waals surface area (Å²) in [6.45, 7) is 2.46. The second-order valence-electron chi connectivity index (χ2n) is 7.22. The second kappa shape index (κ2) is 6.46. The normalized spacial score (nSPS) is 24.6. The average Bonchev–Trinajstić information content (AvgIpc) is 3.33. The molecule has 1 amide bonds. The Morgan fingerprint density at radius 1 is 1.36 bits per heavy atom. The lowest BCUT2D eigenvalue weighted by Crippen LogP contribution is -2.26. The summed E-state index contributed by atoms with van der Waals surface area (Å²) in [5.74, 6) is 2.32. The fourth-order valence-electron chi connectivity index (χ4n) is 4.34. The molecular formula is C18H23N5O2. The molecule has 4 rings (SSSR count). The first kappa shape index (κ1) is 16.1. The second-order valence-corrected chi connectivity index (χ2v) is 7.22. The molecule has 2 aromatic heterocycles. The van der Waals surface area contributed by atoms with Gasteiger partial charge in [-0.2, -0.15) is 10.2 Å². The van der Waals surface area contributed by atoms with Crippen LogP contribution < -0.4 is 10.9 Å². The van der Waals surface area contributed by atoms with Gasteiger partial charge in [0.1, 0.15) is 5.69 Å². The Hall–Kier alpha value is -2.44. The van der Waals surface area contributed by atoms with Gasteiger partial charge in [-0.3, -0.25) is 14.7 Å². The Bertz CT molecular complexity index is 840. The third-order valence-electron chi connectivity index (χ3n) is 5.51. The van der Waals surface area contributed by atoms with Crippen molar-refractivity contribution in [2.75, 3.05) is 5.32 Å². The van der Waals surface area contributed by atoms with E-state index in [9.17, 15) is 9.59 Å². The molecular weight excluding hydrogens is 318 g/mol. The van der Waals surface area contributed by atoms with Gasteiger partial charge in [0.25, 0.3) is 11.5 Å². The van der Waals surface area contributed by atoms with Crippen molar-refractivity contribution in [3.63, 3.8) is 0 Å². The van der Waals surface area contributed by atoms with Crippen LogP contribution >= 0.6 is 0 Å². The molecule has 0 saturated heterocycles. The number of carbonyl (C=O) groups excluding carboxylic acids is 1. The highest BCUT2D eigenvalue weighted by molar-refractivity contribution is 6.02. The number of amides is 1. The van der Waals surface area contributed by atoms with Gasteiger partial charge in [0.2, 0.25) is 0 Å². The van der Waals surface area contributed by atoms with E-state index in [0.717, 1.165) is 24.0 Å². The molecule has 2 fully saturated rings. The Labute approximate surface area is 145 Å². The highest BCUT2D eigenvalue weighted by Gasteiger charge is 2.40. The van der Waals surface area contributed by atoms with Crippen molar-refractivity contribution in [2.45, 2.75) is 51.5 Å². The minimum atomic E-state index is -0.351. The lowest BCUT2D eigenvalue weighted by molar-refractivity contribution is 0.101. The summed E-state index contributed by atoms with van der Waals surface area (Å²) in [6, 6.07) is 4.77. The number of anilines is 1. The summed E-state index contributed by atoms with van der Waals surface area (Å²) >= 11 is 0. The molecule has 2 bridgehead atoms. The van der Waals surface area contributed by atoms with E-state index in [-0.39, 0.29) is 17.2 Å². The van der Waals surface area contributed by atoms with Gasteiger partial charge in [-0.25, -0.2) is 4.68 Å². The summed E-state index contributed by atoms with van der Waals surface area (Å²) in [6.07, 6.45) is 6.00. The van der Waals surface area contributed by atoms with Crippen LogP contribution in [0.2, 0.25) is 0 Å². The molecule has 0 spiro atoms. The average molecular weight is 341 g/mol. The SMILES string of the molecule is CCCn1nc(C(=O)Nc2cc([C@H]3C[C@H]4CC[C@H]3C4)[nH]n2)ccc1=O. The third kappa shape index (κ3) is 3.10. The number of aryl methyl sites for hydroxylation is 1. The smallest absolute Gasteiger partial charge is 0.277 e. The number of hydrogen-bond donors (Lipinski definition) is 2. The number of hydrogen-bond acceptors (Lipinski definition) is 4. The molecule has 132 valence electrons. The van der Waals surface area contributed by atoms with E-state index in [2.05, 4.69) is 20.6 Å². The van der Waals surface area contributed by atoms with E-state index in [1.807, 2.05) is 13.0 Å². The molecule has 7 heteroatoms. The Kier molecular flexibility index (Phi) is 4.15. The molecule has 2 saturated carbocycles. The van der Waals surface area contributed by atoms with Gasteiger partial charge in [0, 0.05) is 30.3 Å². The summed E-state index contributed by atoms with van der Waals surface area (Å²) in [5.41, 5.74) is 1.14.